The van der Waals surface area contributed by atoms with Crippen LogP contribution in [0.4, 0.5) is 4.79 Å². The number of nitrogens with zero attached hydrogens (tertiary/aromatic N) is 1. The van der Waals surface area contributed by atoms with Crippen molar-refractivity contribution in [1.82, 2.24) is 20.9 Å². The number of amides is 3. The van der Waals surface area contributed by atoms with E-state index in [1.54, 1.807) is 12.1 Å². The summed E-state index contributed by atoms with van der Waals surface area (Å²) in [6.45, 7) is 7.00. The minimum atomic E-state index is -1.41. The second-order valence-electron chi connectivity index (χ2n) is 11.6. The van der Waals surface area contributed by atoms with Crippen LogP contribution in [0.15, 0.2) is 60.7 Å². The Hall–Kier alpha value is -3.28. The predicted octanol–water partition coefficient (Wildman–Crippen LogP) is 2.13. The number of alkyl carbamates (subject to hydrolysis) is 1. The van der Waals surface area contributed by atoms with Crippen molar-refractivity contribution in [2.45, 2.75) is 76.4 Å². The Balaban J connectivity index is 1.67. The van der Waals surface area contributed by atoms with Gasteiger partial charge in [-0.2, -0.15) is 0 Å². The fourth-order valence-corrected chi connectivity index (χ4v) is 5.77. The SMILES string of the molecule is CS(=O)C[C@H](NC(=O)OCc1ccccc1)C(=O)N[C@@H](Cc1ccccc1)[C@H](O)CNC(=O)[C@@H]1CCCN1C(C)(C)C. The fourth-order valence-electron chi connectivity index (χ4n) is 5.07. The van der Waals surface area contributed by atoms with Crippen molar-refractivity contribution in [1.29, 1.82) is 0 Å². The van der Waals surface area contributed by atoms with Crippen molar-refractivity contribution in [2.24, 2.45) is 0 Å². The molecule has 230 valence electrons. The molecule has 1 aliphatic rings. The number of ether oxygens (including phenoxy) is 1. The molecule has 3 rings (SSSR count). The third-order valence-electron chi connectivity index (χ3n) is 7.22. The first-order valence-electron chi connectivity index (χ1n) is 14.3. The van der Waals surface area contributed by atoms with E-state index in [0.29, 0.717) is 0 Å². The van der Waals surface area contributed by atoms with Crippen LogP contribution in [0.2, 0.25) is 0 Å². The van der Waals surface area contributed by atoms with Gasteiger partial charge >= 0.3 is 6.09 Å². The van der Waals surface area contributed by atoms with E-state index < -0.39 is 41.0 Å². The van der Waals surface area contributed by atoms with Crippen LogP contribution in [-0.2, 0) is 38.2 Å². The third kappa shape index (κ3) is 10.5. The number of carbonyl (C=O) groups is 3. The molecule has 0 aliphatic carbocycles. The highest BCUT2D eigenvalue weighted by atomic mass is 32.2. The predicted molar refractivity (Wildman–Crippen MR) is 163 cm³/mol. The van der Waals surface area contributed by atoms with Gasteiger partial charge in [0.15, 0.2) is 0 Å². The Morgan fingerprint density at radius 1 is 1.02 bits per heavy atom. The van der Waals surface area contributed by atoms with Gasteiger partial charge in [0.2, 0.25) is 11.8 Å². The molecule has 10 nitrogen and oxygen atoms in total. The fraction of sp³-hybridized carbons (Fsp3) is 0.516. The van der Waals surface area contributed by atoms with Crippen LogP contribution in [0.1, 0.15) is 44.7 Å². The number of benzene rings is 2. The molecule has 0 radical (unpaired) electrons. The molecular formula is C31H44N4O6S. The lowest BCUT2D eigenvalue weighted by molar-refractivity contribution is -0.127. The van der Waals surface area contributed by atoms with Gasteiger partial charge in [-0.1, -0.05) is 60.7 Å². The summed E-state index contributed by atoms with van der Waals surface area (Å²) in [4.78, 5) is 41.1. The van der Waals surface area contributed by atoms with Gasteiger partial charge in [0.25, 0.3) is 0 Å². The van der Waals surface area contributed by atoms with Crippen LogP contribution in [0.5, 0.6) is 0 Å². The van der Waals surface area contributed by atoms with Gasteiger partial charge in [-0.05, 0) is 57.7 Å². The second kappa shape index (κ2) is 15.8. The summed E-state index contributed by atoms with van der Waals surface area (Å²) < 4.78 is 17.3. The zero-order valence-corrected chi connectivity index (χ0v) is 25.7. The van der Waals surface area contributed by atoms with Gasteiger partial charge in [0.1, 0.15) is 12.6 Å². The van der Waals surface area contributed by atoms with Gasteiger partial charge < -0.3 is 25.8 Å². The first-order chi connectivity index (χ1) is 19.9. The monoisotopic (exact) mass is 600 g/mol. The molecule has 1 fully saturated rings. The summed E-state index contributed by atoms with van der Waals surface area (Å²) in [6, 6.07) is 16.2. The number of nitrogens with one attached hydrogen (secondary N) is 3. The van der Waals surface area contributed by atoms with Crippen molar-refractivity contribution < 1.29 is 28.4 Å². The van der Waals surface area contributed by atoms with Gasteiger partial charge in [0, 0.05) is 29.1 Å². The standard InChI is InChI=1S/C31H44N4O6S/c1-31(2,3)35-17-11-16-26(35)29(38)32-19-27(36)24(18-22-12-7-5-8-13-22)33-28(37)25(21-42(4)40)34-30(39)41-20-23-14-9-6-10-15-23/h5-10,12-15,24-27,36H,11,16-21H2,1-4H3,(H,32,38)(H,33,37)(H,34,39)/t24-,25-,26-,27+,42?/m0/s1. The van der Waals surface area contributed by atoms with Crippen LogP contribution < -0.4 is 16.0 Å². The van der Waals surface area contributed by atoms with E-state index in [2.05, 4.69) is 41.6 Å². The Morgan fingerprint density at radius 2 is 1.64 bits per heavy atom. The van der Waals surface area contributed by atoms with Crippen LogP contribution in [0.25, 0.3) is 0 Å². The summed E-state index contributed by atoms with van der Waals surface area (Å²) >= 11 is 0. The number of aliphatic hydroxyl groups excluding tert-OH is 1. The highest BCUT2D eigenvalue weighted by Gasteiger charge is 2.37. The molecule has 0 aromatic heterocycles. The third-order valence-corrected chi connectivity index (χ3v) is 8.02. The Morgan fingerprint density at radius 3 is 2.24 bits per heavy atom. The van der Waals surface area contributed by atoms with E-state index >= 15 is 0 Å². The maximum Gasteiger partial charge on any atom is 0.408 e. The number of rotatable bonds is 13. The summed E-state index contributed by atoms with van der Waals surface area (Å²) in [5.41, 5.74) is 1.49. The van der Waals surface area contributed by atoms with E-state index in [4.69, 9.17) is 4.74 Å². The number of hydrogen-bond acceptors (Lipinski definition) is 7. The largest absolute Gasteiger partial charge is 0.445 e. The van der Waals surface area contributed by atoms with E-state index in [1.165, 1.54) is 6.26 Å². The second-order valence-corrected chi connectivity index (χ2v) is 13.1. The lowest BCUT2D eigenvalue weighted by Crippen LogP contribution is -2.57. The molecule has 0 bridgehead atoms. The molecule has 3 amide bonds. The Bertz CT molecular complexity index is 1190. The molecule has 2 aromatic carbocycles. The summed E-state index contributed by atoms with van der Waals surface area (Å²) in [7, 11) is -1.41. The highest BCUT2D eigenvalue weighted by molar-refractivity contribution is 7.84. The van der Waals surface area contributed by atoms with Gasteiger partial charge in [-0.25, -0.2) is 4.79 Å². The van der Waals surface area contributed by atoms with Crippen LogP contribution in [0, 0.1) is 0 Å². The normalized spacial score (nSPS) is 18.4. The van der Waals surface area contributed by atoms with Gasteiger partial charge in [-0.15, -0.1) is 0 Å². The summed E-state index contributed by atoms with van der Waals surface area (Å²) in [5.74, 6) is -0.905. The highest BCUT2D eigenvalue weighted by Crippen LogP contribution is 2.26. The molecule has 1 aliphatic heterocycles. The quantitative estimate of drug-likeness (QED) is 0.277. The molecule has 1 heterocycles. The molecule has 5 atom stereocenters. The molecule has 4 N–H and O–H groups in total. The van der Waals surface area contributed by atoms with Crippen molar-refractivity contribution in [3.63, 3.8) is 0 Å². The van der Waals surface area contributed by atoms with Crippen LogP contribution >= 0.6 is 0 Å². The van der Waals surface area contributed by atoms with E-state index in [0.717, 1.165) is 30.5 Å². The lowest BCUT2D eigenvalue weighted by Gasteiger charge is -2.36. The first-order valence-corrected chi connectivity index (χ1v) is 16.0. The summed E-state index contributed by atoms with van der Waals surface area (Å²) in [6.07, 6.45) is 1.43. The van der Waals surface area contributed by atoms with Crippen molar-refractivity contribution in [2.75, 3.05) is 25.1 Å². The first kappa shape index (κ1) is 33.2. The Kier molecular flexibility index (Phi) is 12.5. The molecule has 1 saturated heterocycles. The van der Waals surface area contributed by atoms with Crippen molar-refractivity contribution in [3.05, 3.63) is 71.8 Å². The van der Waals surface area contributed by atoms with Crippen molar-refractivity contribution >= 4 is 28.7 Å². The topological polar surface area (TPSA) is 137 Å². The Labute approximate surface area is 251 Å². The molecule has 0 spiro atoms. The zero-order chi connectivity index (χ0) is 30.7. The van der Waals surface area contributed by atoms with E-state index in [-0.39, 0.29) is 42.8 Å². The van der Waals surface area contributed by atoms with Crippen LogP contribution in [-0.4, -0.2) is 87.0 Å². The zero-order valence-electron chi connectivity index (χ0n) is 24.9. The minimum Gasteiger partial charge on any atom is -0.445 e. The number of hydrogen-bond donors (Lipinski definition) is 4. The van der Waals surface area contributed by atoms with E-state index in [1.807, 2.05) is 48.5 Å². The van der Waals surface area contributed by atoms with Gasteiger partial charge in [0.05, 0.1) is 23.9 Å². The maximum atomic E-state index is 13.4. The molecular weight excluding hydrogens is 556 g/mol. The smallest absolute Gasteiger partial charge is 0.408 e. The number of aliphatic hydroxyl groups is 1. The molecule has 0 saturated carbocycles. The van der Waals surface area contributed by atoms with Crippen LogP contribution in [0.3, 0.4) is 0 Å². The lowest BCUT2D eigenvalue weighted by atomic mass is 10.00. The van der Waals surface area contributed by atoms with Gasteiger partial charge in [-0.3, -0.25) is 18.7 Å². The van der Waals surface area contributed by atoms with E-state index in [9.17, 15) is 23.7 Å². The molecule has 11 heteroatoms. The average molecular weight is 601 g/mol. The number of carbonyl (C=O) groups excluding carboxylic acids is 3. The summed E-state index contributed by atoms with van der Waals surface area (Å²) in [5, 5.41) is 19.4. The number of likely N-dealkylation sites (tertiary alicyclic amines) is 1. The average Bonchev–Trinajstić information content (AvgIpc) is 3.46. The molecule has 2 aromatic rings. The maximum absolute atomic E-state index is 13.4. The minimum absolute atomic E-state index is 0.0128. The van der Waals surface area contributed by atoms with Crippen molar-refractivity contribution in [3.8, 4) is 0 Å². The molecule has 42 heavy (non-hydrogen) atoms. The molecule has 1 unspecified atom stereocenters.